The van der Waals surface area contributed by atoms with Crippen molar-refractivity contribution < 1.29 is 0 Å². The van der Waals surface area contributed by atoms with Gasteiger partial charge in [0, 0.05) is 6.04 Å². The highest BCUT2D eigenvalue weighted by molar-refractivity contribution is 5.29. The molecular formula is C11H14N2. The average molecular weight is 174 g/mol. The van der Waals surface area contributed by atoms with E-state index in [0.29, 0.717) is 6.42 Å². The third-order valence-electron chi connectivity index (χ3n) is 2.21. The zero-order valence-electron chi connectivity index (χ0n) is 8.04. The van der Waals surface area contributed by atoms with Crippen LogP contribution in [0.25, 0.3) is 0 Å². The van der Waals surface area contributed by atoms with Crippen LogP contribution in [0.15, 0.2) is 24.3 Å². The summed E-state index contributed by atoms with van der Waals surface area (Å²) in [7, 11) is 1.88. The second-order valence-corrected chi connectivity index (χ2v) is 3.06. The van der Waals surface area contributed by atoms with E-state index in [0.717, 1.165) is 0 Å². The van der Waals surface area contributed by atoms with Gasteiger partial charge in [0.15, 0.2) is 0 Å². The number of rotatable bonds is 3. The Morgan fingerprint density at radius 2 is 2.15 bits per heavy atom. The zero-order valence-corrected chi connectivity index (χ0v) is 8.04. The number of benzene rings is 1. The van der Waals surface area contributed by atoms with E-state index in [-0.39, 0.29) is 6.04 Å². The standard InChI is InChI=1S/C11H14N2/c1-9-5-3-4-6-10(9)11(13-2)7-8-12/h3-6,11,13H,7H2,1-2H3. The molecule has 1 unspecified atom stereocenters. The van der Waals surface area contributed by atoms with E-state index in [1.54, 1.807) is 0 Å². The van der Waals surface area contributed by atoms with Gasteiger partial charge in [-0.25, -0.2) is 0 Å². The lowest BCUT2D eigenvalue weighted by molar-refractivity contribution is 0.605. The van der Waals surface area contributed by atoms with Gasteiger partial charge in [0.05, 0.1) is 12.5 Å². The van der Waals surface area contributed by atoms with Crippen LogP contribution in [0.1, 0.15) is 23.6 Å². The van der Waals surface area contributed by atoms with Crippen LogP contribution in [0.5, 0.6) is 0 Å². The summed E-state index contributed by atoms with van der Waals surface area (Å²) in [4.78, 5) is 0. The molecule has 1 N–H and O–H groups in total. The van der Waals surface area contributed by atoms with Crippen molar-refractivity contribution in [3.63, 3.8) is 0 Å². The van der Waals surface area contributed by atoms with Crippen molar-refractivity contribution in [1.29, 1.82) is 5.26 Å². The fourth-order valence-corrected chi connectivity index (χ4v) is 1.44. The van der Waals surface area contributed by atoms with Gasteiger partial charge in [-0.2, -0.15) is 5.26 Å². The second kappa shape index (κ2) is 4.64. The van der Waals surface area contributed by atoms with Crippen LogP contribution >= 0.6 is 0 Å². The van der Waals surface area contributed by atoms with Gasteiger partial charge in [0.25, 0.3) is 0 Å². The minimum absolute atomic E-state index is 0.159. The number of nitrogens with zero attached hydrogens (tertiary/aromatic N) is 1. The summed E-state index contributed by atoms with van der Waals surface area (Å²) in [5.74, 6) is 0. The first kappa shape index (κ1) is 9.76. The van der Waals surface area contributed by atoms with Gasteiger partial charge >= 0.3 is 0 Å². The van der Waals surface area contributed by atoms with E-state index in [2.05, 4.69) is 30.4 Å². The van der Waals surface area contributed by atoms with Gasteiger partial charge in [0.2, 0.25) is 0 Å². The second-order valence-electron chi connectivity index (χ2n) is 3.06. The summed E-state index contributed by atoms with van der Waals surface area (Å²) in [5, 5.41) is 11.8. The summed E-state index contributed by atoms with van der Waals surface area (Å²) in [6.45, 7) is 2.07. The molecule has 2 heteroatoms. The third-order valence-corrected chi connectivity index (χ3v) is 2.21. The zero-order chi connectivity index (χ0) is 9.68. The molecule has 0 radical (unpaired) electrons. The lowest BCUT2D eigenvalue weighted by Crippen LogP contribution is -2.16. The van der Waals surface area contributed by atoms with Crippen molar-refractivity contribution >= 4 is 0 Å². The highest BCUT2D eigenvalue weighted by Gasteiger charge is 2.09. The van der Waals surface area contributed by atoms with Crippen molar-refractivity contribution in [1.82, 2.24) is 5.32 Å². The van der Waals surface area contributed by atoms with Crippen LogP contribution in [0.3, 0.4) is 0 Å². The van der Waals surface area contributed by atoms with E-state index in [4.69, 9.17) is 5.26 Å². The molecule has 0 saturated carbocycles. The predicted octanol–water partition coefficient (Wildman–Crippen LogP) is 2.17. The van der Waals surface area contributed by atoms with Crippen molar-refractivity contribution in [2.45, 2.75) is 19.4 Å². The molecule has 1 aromatic carbocycles. The highest BCUT2D eigenvalue weighted by Crippen LogP contribution is 2.19. The number of nitrogens with one attached hydrogen (secondary N) is 1. The molecule has 0 fully saturated rings. The fraction of sp³-hybridized carbons (Fsp3) is 0.364. The molecule has 0 spiro atoms. The lowest BCUT2D eigenvalue weighted by Gasteiger charge is -2.15. The summed E-state index contributed by atoms with van der Waals surface area (Å²) in [5.41, 5.74) is 2.45. The molecule has 1 atom stereocenters. The first-order valence-corrected chi connectivity index (χ1v) is 4.39. The maximum absolute atomic E-state index is 8.63. The molecule has 0 aliphatic heterocycles. The van der Waals surface area contributed by atoms with Crippen LogP contribution in [0, 0.1) is 18.3 Å². The van der Waals surface area contributed by atoms with E-state index in [9.17, 15) is 0 Å². The Balaban J connectivity index is 2.92. The normalized spacial score (nSPS) is 12.1. The molecule has 0 amide bonds. The quantitative estimate of drug-likeness (QED) is 0.762. The Morgan fingerprint density at radius 3 is 2.69 bits per heavy atom. The van der Waals surface area contributed by atoms with Crippen molar-refractivity contribution in [3.05, 3.63) is 35.4 Å². The Kier molecular flexibility index (Phi) is 3.48. The minimum Gasteiger partial charge on any atom is -0.312 e. The summed E-state index contributed by atoms with van der Waals surface area (Å²) in [6.07, 6.45) is 0.515. The number of hydrogen-bond acceptors (Lipinski definition) is 2. The molecule has 2 nitrogen and oxygen atoms in total. The fourth-order valence-electron chi connectivity index (χ4n) is 1.44. The molecular weight excluding hydrogens is 160 g/mol. The van der Waals surface area contributed by atoms with Crippen molar-refractivity contribution in [3.8, 4) is 6.07 Å². The SMILES string of the molecule is CNC(CC#N)c1ccccc1C. The van der Waals surface area contributed by atoms with Crippen LogP contribution in [0.4, 0.5) is 0 Å². The molecule has 1 aromatic rings. The largest absolute Gasteiger partial charge is 0.312 e. The highest BCUT2D eigenvalue weighted by atomic mass is 14.9. The molecule has 0 aliphatic carbocycles. The van der Waals surface area contributed by atoms with Crippen molar-refractivity contribution in [2.75, 3.05) is 7.05 Å². The van der Waals surface area contributed by atoms with Gasteiger partial charge in [-0.1, -0.05) is 24.3 Å². The van der Waals surface area contributed by atoms with Crippen LogP contribution in [-0.2, 0) is 0 Å². The average Bonchev–Trinajstić information content (AvgIpc) is 2.16. The minimum atomic E-state index is 0.159. The Bertz CT molecular complexity index is 312. The van der Waals surface area contributed by atoms with E-state index in [1.807, 2.05) is 19.2 Å². The Labute approximate surface area is 79.2 Å². The van der Waals surface area contributed by atoms with Crippen LogP contribution < -0.4 is 5.32 Å². The summed E-state index contributed by atoms with van der Waals surface area (Å²) < 4.78 is 0. The first-order valence-electron chi connectivity index (χ1n) is 4.39. The lowest BCUT2D eigenvalue weighted by atomic mass is 10.00. The molecule has 0 aromatic heterocycles. The van der Waals surface area contributed by atoms with E-state index < -0.39 is 0 Å². The van der Waals surface area contributed by atoms with Crippen LogP contribution in [0.2, 0.25) is 0 Å². The monoisotopic (exact) mass is 174 g/mol. The number of nitriles is 1. The number of hydrogen-bond donors (Lipinski definition) is 1. The van der Waals surface area contributed by atoms with Gasteiger partial charge in [-0.15, -0.1) is 0 Å². The maximum Gasteiger partial charge on any atom is 0.0641 e. The molecule has 0 bridgehead atoms. The third kappa shape index (κ3) is 2.30. The van der Waals surface area contributed by atoms with Gasteiger partial charge in [0.1, 0.15) is 0 Å². The molecule has 1 rings (SSSR count). The summed E-state index contributed by atoms with van der Waals surface area (Å²) >= 11 is 0. The Morgan fingerprint density at radius 1 is 1.46 bits per heavy atom. The molecule has 0 saturated heterocycles. The van der Waals surface area contributed by atoms with Crippen molar-refractivity contribution in [2.24, 2.45) is 0 Å². The van der Waals surface area contributed by atoms with Gasteiger partial charge < -0.3 is 5.32 Å². The number of aryl methyl sites for hydroxylation is 1. The van der Waals surface area contributed by atoms with E-state index in [1.165, 1.54) is 11.1 Å². The molecule has 0 heterocycles. The molecule has 13 heavy (non-hydrogen) atoms. The Hall–Kier alpha value is -1.33. The van der Waals surface area contributed by atoms with E-state index >= 15 is 0 Å². The topological polar surface area (TPSA) is 35.8 Å². The maximum atomic E-state index is 8.63. The summed E-state index contributed by atoms with van der Waals surface area (Å²) in [6, 6.07) is 10.5. The molecule has 68 valence electrons. The first-order chi connectivity index (χ1) is 6.29. The molecule has 0 aliphatic rings. The van der Waals surface area contributed by atoms with Gasteiger partial charge in [-0.05, 0) is 25.1 Å². The van der Waals surface area contributed by atoms with Gasteiger partial charge in [-0.3, -0.25) is 0 Å². The predicted molar refractivity (Wildman–Crippen MR) is 53.2 cm³/mol. The smallest absolute Gasteiger partial charge is 0.0641 e. The van der Waals surface area contributed by atoms with Crippen LogP contribution in [-0.4, -0.2) is 7.05 Å².